The van der Waals surface area contributed by atoms with E-state index < -0.39 is 5.54 Å². The number of nitrogens with one attached hydrogen (secondary N) is 1. The van der Waals surface area contributed by atoms with Crippen LogP contribution in [0, 0.1) is 6.92 Å². The van der Waals surface area contributed by atoms with E-state index in [0.29, 0.717) is 18.4 Å². The van der Waals surface area contributed by atoms with Crippen LogP contribution in [-0.4, -0.2) is 30.8 Å². The molecule has 1 fully saturated rings. The second kappa shape index (κ2) is 7.18. The summed E-state index contributed by atoms with van der Waals surface area (Å²) in [5.74, 6) is -0.528. The molecule has 1 aliphatic carbocycles. The highest BCUT2D eigenvalue weighted by Gasteiger charge is 2.42. The summed E-state index contributed by atoms with van der Waals surface area (Å²) in [5, 5.41) is 2.97. The van der Waals surface area contributed by atoms with Gasteiger partial charge in [0.1, 0.15) is 5.54 Å². The molecule has 0 unspecified atom stereocenters. The van der Waals surface area contributed by atoms with Crippen molar-refractivity contribution in [2.24, 2.45) is 0 Å². The van der Waals surface area contributed by atoms with Crippen molar-refractivity contribution < 1.29 is 14.3 Å². The number of aryl methyl sites for hydroxylation is 1. The number of carbonyl (C=O) groups is 2. The molecular weight excluding hydrogens is 298 g/mol. The Hall–Kier alpha value is -1.49. The van der Waals surface area contributed by atoms with Gasteiger partial charge in [0.2, 0.25) is 0 Å². The van der Waals surface area contributed by atoms with E-state index in [9.17, 15) is 9.59 Å². The Kier molecular flexibility index (Phi) is 5.51. The number of carbonyl (C=O) groups excluding carboxylic acids is 2. The summed E-state index contributed by atoms with van der Waals surface area (Å²) in [4.78, 5) is 26.0. The van der Waals surface area contributed by atoms with Gasteiger partial charge in [-0.3, -0.25) is 4.79 Å². The van der Waals surface area contributed by atoms with Gasteiger partial charge in [-0.25, -0.2) is 4.79 Å². The molecule has 4 nitrogen and oxygen atoms in total. The Morgan fingerprint density at radius 2 is 1.91 bits per heavy atom. The Balaban J connectivity index is 2.26. The lowest BCUT2D eigenvalue weighted by Gasteiger charge is -2.35. The van der Waals surface area contributed by atoms with Crippen LogP contribution in [0.15, 0.2) is 23.1 Å². The minimum absolute atomic E-state index is 0.194. The lowest BCUT2D eigenvalue weighted by molar-refractivity contribution is -0.149. The third-order valence-electron chi connectivity index (χ3n) is 4.33. The number of amides is 1. The lowest BCUT2D eigenvalue weighted by atomic mass is 9.81. The smallest absolute Gasteiger partial charge is 0.331 e. The summed E-state index contributed by atoms with van der Waals surface area (Å²) >= 11 is 1.59. The van der Waals surface area contributed by atoms with Gasteiger partial charge in [0.05, 0.1) is 7.11 Å². The van der Waals surface area contributed by atoms with Crippen molar-refractivity contribution in [1.82, 2.24) is 5.32 Å². The Morgan fingerprint density at radius 3 is 2.50 bits per heavy atom. The summed E-state index contributed by atoms with van der Waals surface area (Å²) in [6.45, 7) is 1.91. The third-order valence-corrected chi connectivity index (χ3v) is 5.05. The molecule has 0 bridgehead atoms. The maximum absolute atomic E-state index is 12.7. The summed E-state index contributed by atoms with van der Waals surface area (Å²) in [6.07, 6.45) is 6.22. The van der Waals surface area contributed by atoms with Crippen LogP contribution in [0.3, 0.4) is 0 Å². The molecule has 0 aromatic heterocycles. The van der Waals surface area contributed by atoms with Crippen molar-refractivity contribution >= 4 is 23.6 Å². The number of hydrogen-bond acceptors (Lipinski definition) is 4. The van der Waals surface area contributed by atoms with Crippen LogP contribution in [0.25, 0.3) is 0 Å². The average molecular weight is 321 g/mol. The van der Waals surface area contributed by atoms with Crippen molar-refractivity contribution in [3.8, 4) is 0 Å². The molecule has 1 aliphatic rings. The second-order valence-electron chi connectivity index (χ2n) is 5.77. The van der Waals surface area contributed by atoms with Crippen LogP contribution < -0.4 is 5.32 Å². The fourth-order valence-corrected chi connectivity index (χ4v) is 3.43. The molecule has 1 aromatic rings. The maximum Gasteiger partial charge on any atom is 0.331 e. The quantitative estimate of drug-likeness (QED) is 0.683. The molecule has 2 rings (SSSR count). The van der Waals surface area contributed by atoms with Crippen molar-refractivity contribution in [2.45, 2.75) is 49.5 Å². The van der Waals surface area contributed by atoms with E-state index in [1.807, 2.05) is 31.4 Å². The van der Waals surface area contributed by atoms with Gasteiger partial charge in [-0.05, 0) is 43.7 Å². The highest BCUT2D eigenvalue weighted by Crippen LogP contribution is 2.30. The van der Waals surface area contributed by atoms with Crippen LogP contribution >= 0.6 is 11.8 Å². The largest absolute Gasteiger partial charge is 0.467 e. The summed E-state index contributed by atoms with van der Waals surface area (Å²) in [7, 11) is 1.38. The first-order valence-corrected chi connectivity index (χ1v) is 8.80. The molecule has 120 valence electrons. The van der Waals surface area contributed by atoms with E-state index in [-0.39, 0.29) is 11.9 Å². The van der Waals surface area contributed by atoms with Crippen molar-refractivity contribution in [1.29, 1.82) is 0 Å². The monoisotopic (exact) mass is 321 g/mol. The predicted octanol–water partition coefficient (Wildman–Crippen LogP) is 3.32. The number of esters is 1. The number of thioether (sulfide) groups is 1. The second-order valence-corrected chi connectivity index (χ2v) is 6.65. The minimum Gasteiger partial charge on any atom is -0.467 e. The minimum atomic E-state index is -0.869. The van der Waals surface area contributed by atoms with Crippen LogP contribution in [0.2, 0.25) is 0 Å². The van der Waals surface area contributed by atoms with Gasteiger partial charge in [0, 0.05) is 10.5 Å². The molecule has 0 saturated heterocycles. The van der Waals surface area contributed by atoms with E-state index in [1.165, 1.54) is 7.11 Å². The van der Waals surface area contributed by atoms with E-state index in [0.717, 1.165) is 29.7 Å². The molecule has 0 heterocycles. The first-order valence-electron chi connectivity index (χ1n) is 7.58. The maximum atomic E-state index is 12.7. The molecule has 0 spiro atoms. The SMILES string of the molecule is COC(=O)C1(NC(=O)c2cc(SC)ccc2C)CCCCC1. The molecule has 1 aromatic carbocycles. The van der Waals surface area contributed by atoms with Crippen LogP contribution in [-0.2, 0) is 9.53 Å². The van der Waals surface area contributed by atoms with Crippen molar-refractivity contribution in [3.05, 3.63) is 29.3 Å². The van der Waals surface area contributed by atoms with Gasteiger partial charge in [-0.1, -0.05) is 25.3 Å². The Labute approximate surface area is 136 Å². The molecule has 0 aliphatic heterocycles. The first kappa shape index (κ1) is 16.9. The highest BCUT2D eigenvalue weighted by molar-refractivity contribution is 7.98. The number of methoxy groups -OCH3 is 1. The fraction of sp³-hybridized carbons (Fsp3) is 0.529. The lowest BCUT2D eigenvalue weighted by Crippen LogP contribution is -2.56. The molecule has 5 heteroatoms. The summed E-state index contributed by atoms with van der Waals surface area (Å²) < 4.78 is 4.95. The zero-order valence-corrected chi connectivity index (χ0v) is 14.2. The van der Waals surface area contributed by atoms with E-state index in [4.69, 9.17) is 4.74 Å². The Bertz CT molecular complexity index is 565. The number of ether oxygens (including phenoxy) is 1. The molecule has 0 radical (unpaired) electrons. The zero-order chi connectivity index (χ0) is 16.2. The van der Waals surface area contributed by atoms with Gasteiger partial charge < -0.3 is 10.1 Å². The van der Waals surface area contributed by atoms with Gasteiger partial charge in [-0.15, -0.1) is 11.8 Å². The van der Waals surface area contributed by atoms with Crippen molar-refractivity contribution in [3.63, 3.8) is 0 Å². The normalized spacial score (nSPS) is 16.9. The summed E-state index contributed by atoms with van der Waals surface area (Å²) in [6, 6.07) is 5.81. The molecule has 1 amide bonds. The van der Waals surface area contributed by atoms with Gasteiger partial charge in [0.15, 0.2) is 0 Å². The Morgan fingerprint density at radius 1 is 1.23 bits per heavy atom. The van der Waals surface area contributed by atoms with E-state index in [1.54, 1.807) is 11.8 Å². The van der Waals surface area contributed by atoms with E-state index in [2.05, 4.69) is 5.32 Å². The van der Waals surface area contributed by atoms with Gasteiger partial charge >= 0.3 is 5.97 Å². The fourth-order valence-electron chi connectivity index (χ4n) is 2.99. The molecule has 22 heavy (non-hydrogen) atoms. The van der Waals surface area contributed by atoms with Crippen LogP contribution in [0.4, 0.5) is 0 Å². The van der Waals surface area contributed by atoms with Gasteiger partial charge in [-0.2, -0.15) is 0 Å². The number of benzene rings is 1. The average Bonchev–Trinajstić information content (AvgIpc) is 2.55. The summed E-state index contributed by atoms with van der Waals surface area (Å²) in [5.41, 5.74) is 0.665. The van der Waals surface area contributed by atoms with Crippen molar-refractivity contribution in [2.75, 3.05) is 13.4 Å². The molecule has 0 atom stereocenters. The van der Waals surface area contributed by atoms with Crippen LogP contribution in [0.5, 0.6) is 0 Å². The third kappa shape index (κ3) is 3.46. The highest BCUT2D eigenvalue weighted by atomic mass is 32.2. The predicted molar refractivity (Wildman–Crippen MR) is 88.3 cm³/mol. The zero-order valence-electron chi connectivity index (χ0n) is 13.4. The molecule has 1 N–H and O–H groups in total. The number of hydrogen-bond donors (Lipinski definition) is 1. The molecular formula is C17H23NO3S. The standard InChI is InChI=1S/C17H23NO3S/c1-12-7-8-13(22-3)11-14(12)15(19)18-17(16(20)21-2)9-5-4-6-10-17/h7-8,11H,4-6,9-10H2,1-3H3,(H,18,19). The topological polar surface area (TPSA) is 55.4 Å². The first-order chi connectivity index (χ1) is 10.5. The van der Waals surface area contributed by atoms with Crippen LogP contribution in [0.1, 0.15) is 48.0 Å². The van der Waals surface area contributed by atoms with Gasteiger partial charge in [0.25, 0.3) is 5.91 Å². The molecule has 1 saturated carbocycles. The van der Waals surface area contributed by atoms with E-state index >= 15 is 0 Å². The number of rotatable bonds is 4.